The Kier molecular flexibility index (Phi) is 3.49. The molecule has 2 aliphatic rings. The summed E-state index contributed by atoms with van der Waals surface area (Å²) in [7, 11) is 1.95. The second-order valence-corrected chi connectivity index (χ2v) is 8.26. The van der Waals surface area contributed by atoms with E-state index >= 15 is 0 Å². The van der Waals surface area contributed by atoms with E-state index in [1.807, 2.05) is 34.9 Å². The molecule has 5 heterocycles. The number of imidazole rings is 1. The molecule has 3 aromatic heterocycles. The molecule has 0 saturated carbocycles. The van der Waals surface area contributed by atoms with Crippen LogP contribution in [0.4, 0.5) is 5.82 Å². The largest absolute Gasteiger partial charge is 0.354 e. The molecule has 0 bridgehead atoms. The van der Waals surface area contributed by atoms with Crippen molar-refractivity contribution in [2.45, 2.75) is 6.92 Å². The molecule has 26 heavy (non-hydrogen) atoms. The zero-order valence-electron chi connectivity index (χ0n) is 14.8. The Hall–Kier alpha value is -2.48. The van der Waals surface area contributed by atoms with Gasteiger partial charge in [-0.25, -0.2) is 15.0 Å². The molecule has 2 atom stereocenters. The molecule has 0 spiro atoms. The predicted octanol–water partition coefficient (Wildman–Crippen LogP) is 1.94. The van der Waals surface area contributed by atoms with Gasteiger partial charge >= 0.3 is 0 Å². The summed E-state index contributed by atoms with van der Waals surface area (Å²) in [5.41, 5.74) is 2.88. The van der Waals surface area contributed by atoms with E-state index in [2.05, 4.69) is 19.9 Å². The summed E-state index contributed by atoms with van der Waals surface area (Å²) in [5, 5.41) is 2.04. The van der Waals surface area contributed by atoms with Crippen molar-refractivity contribution in [3.05, 3.63) is 34.5 Å². The second kappa shape index (κ2) is 5.77. The average molecular weight is 368 g/mol. The number of hydrogen-bond donors (Lipinski definition) is 0. The maximum Gasteiger partial charge on any atom is 0.263 e. The molecule has 0 aromatic carbocycles. The topological polar surface area (TPSA) is 67.2 Å². The van der Waals surface area contributed by atoms with E-state index in [1.165, 1.54) is 0 Å². The van der Waals surface area contributed by atoms with Crippen LogP contribution in [0.25, 0.3) is 11.2 Å². The van der Waals surface area contributed by atoms with Crippen molar-refractivity contribution in [1.82, 2.24) is 24.4 Å². The Labute approximate surface area is 155 Å². The van der Waals surface area contributed by atoms with Gasteiger partial charge in [0, 0.05) is 45.1 Å². The highest BCUT2D eigenvalue weighted by Crippen LogP contribution is 2.35. The fraction of sp³-hybridized carbons (Fsp3) is 0.444. The number of aromatic nitrogens is 4. The van der Waals surface area contributed by atoms with E-state index in [-0.39, 0.29) is 5.91 Å². The monoisotopic (exact) mass is 368 g/mol. The number of likely N-dealkylation sites (tertiary alicyclic amines) is 1. The second-order valence-electron chi connectivity index (χ2n) is 7.35. The van der Waals surface area contributed by atoms with Crippen molar-refractivity contribution in [3.63, 3.8) is 0 Å². The van der Waals surface area contributed by atoms with Gasteiger partial charge in [-0.1, -0.05) is 0 Å². The Balaban J connectivity index is 1.33. The molecule has 134 valence electrons. The van der Waals surface area contributed by atoms with Gasteiger partial charge in [0.2, 0.25) is 0 Å². The molecule has 3 aromatic rings. The first-order valence-electron chi connectivity index (χ1n) is 8.81. The normalized spacial score (nSPS) is 22.4. The number of carbonyl (C=O) groups excluding carboxylic acids is 1. The number of aryl methyl sites for hydroxylation is 2. The van der Waals surface area contributed by atoms with E-state index in [0.717, 1.165) is 53.6 Å². The number of amides is 1. The minimum Gasteiger partial charge on any atom is -0.354 e. The first-order valence-corrected chi connectivity index (χ1v) is 9.69. The molecule has 8 heteroatoms. The molecule has 2 saturated heterocycles. The first-order chi connectivity index (χ1) is 12.6. The minimum absolute atomic E-state index is 0.179. The third-order valence-corrected chi connectivity index (χ3v) is 6.53. The van der Waals surface area contributed by atoms with Crippen LogP contribution in [0.2, 0.25) is 0 Å². The number of nitrogens with zero attached hydrogens (tertiary/aromatic N) is 6. The molecule has 2 aliphatic heterocycles. The molecular formula is C18H20N6OS. The number of rotatable bonds is 2. The summed E-state index contributed by atoms with van der Waals surface area (Å²) in [5.74, 6) is 2.08. The highest BCUT2D eigenvalue weighted by atomic mass is 32.1. The van der Waals surface area contributed by atoms with Crippen molar-refractivity contribution >= 4 is 34.2 Å². The van der Waals surface area contributed by atoms with Crippen molar-refractivity contribution in [3.8, 4) is 0 Å². The molecule has 0 N–H and O–H groups in total. The van der Waals surface area contributed by atoms with E-state index in [4.69, 9.17) is 0 Å². The fourth-order valence-corrected chi connectivity index (χ4v) is 5.06. The van der Waals surface area contributed by atoms with Crippen LogP contribution < -0.4 is 4.90 Å². The van der Waals surface area contributed by atoms with Gasteiger partial charge in [-0.2, -0.15) is 0 Å². The lowest BCUT2D eigenvalue weighted by molar-refractivity contribution is 0.0787. The number of hydrogen-bond acceptors (Lipinski definition) is 6. The molecule has 2 fully saturated rings. The van der Waals surface area contributed by atoms with Gasteiger partial charge in [-0.15, -0.1) is 11.3 Å². The molecule has 7 nitrogen and oxygen atoms in total. The van der Waals surface area contributed by atoms with Gasteiger partial charge in [0.05, 0.1) is 11.2 Å². The lowest BCUT2D eigenvalue weighted by Crippen LogP contribution is -2.33. The summed E-state index contributed by atoms with van der Waals surface area (Å²) in [6.07, 6.45) is 3.39. The van der Waals surface area contributed by atoms with Gasteiger partial charge in [0.1, 0.15) is 6.33 Å². The lowest BCUT2D eigenvalue weighted by atomic mass is 10.0. The quantitative estimate of drug-likeness (QED) is 0.692. The third kappa shape index (κ3) is 2.39. The van der Waals surface area contributed by atoms with Crippen LogP contribution in [0, 0.1) is 18.8 Å². The summed E-state index contributed by atoms with van der Waals surface area (Å²) >= 11 is 1.54. The van der Waals surface area contributed by atoms with E-state index in [9.17, 15) is 4.79 Å². The van der Waals surface area contributed by atoms with Crippen LogP contribution >= 0.6 is 11.3 Å². The van der Waals surface area contributed by atoms with Crippen molar-refractivity contribution in [2.75, 3.05) is 31.1 Å². The first kappa shape index (κ1) is 15.7. The van der Waals surface area contributed by atoms with Gasteiger partial charge in [0.25, 0.3) is 5.91 Å². The van der Waals surface area contributed by atoms with Crippen LogP contribution in [0.15, 0.2) is 24.1 Å². The smallest absolute Gasteiger partial charge is 0.263 e. The van der Waals surface area contributed by atoms with Gasteiger partial charge in [0.15, 0.2) is 17.0 Å². The summed E-state index contributed by atoms with van der Waals surface area (Å²) < 4.78 is 1.92. The number of thiophene rings is 1. The highest BCUT2D eigenvalue weighted by Gasteiger charge is 2.42. The number of fused-ring (bicyclic) bond motifs is 2. The van der Waals surface area contributed by atoms with Crippen LogP contribution in [0.1, 0.15) is 15.2 Å². The van der Waals surface area contributed by atoms with E-state index < -0.39 is 0 Å². The van der Waals surface area contributed by atoms with Gasteiger partial charge in [-0.05, 0) is 23.9 Å². The minimum atomic E-state index is 0.179. The molecular weight excluding hydrogens is 348 g/mol. The Bertz CT molecular complexity index is 981. The Morgan fingerprint density at radius 2 is 1.92 bits per heavy atom. The van der Waals surface area contributed by atoms with E-state index in [1.54, 1.807) is 24.0 Å². The van der Waals surface area contributed by atoms with Crippen LogP contribution in [0.3, 0.4) is 0 Å². The molecule has 0 aliphatic carbocycles. The van der Waals surface area contributed by atoms with Crippen molar-refractivity contribution in [1.29, 1.82) is 0 Å². The molecule has 2 unspecified atom stereocenters. The summed E-state index contributed by atoms with van der Waals surface area (Å²) in [4.78, 5) is 31.2. The Morgan fingerprint density at radius 1 is 1.15 bits per heavy atom. The molecule has 0 radical (unpaired) electrons. The standard InChI is InChI=1S/C18H20N6OS/c1-11-3-14(26-8-11)18(25)24-6-12-4-23(5-13(12)7-24)17-15-16(19-9-20-17)22(2)10-21-15/h3,8-10,12-13H,4-7H2,1-2H3. The number of anilines is 1. The summed E-state index contributed by atoms with van der Waals surface area (Å²) in [6.45, 7) is 5.52. The van der Waals surface area contributed by atoms with Crippen molar-refractivity contribution < 1.29 is 4.79 Å². The highest BCUT2D eigenvalue weighted by molar-refractivity contribution is 7.12. The molecule has 1 amide bonds. The zero-order valence-corrected chi connectivity index (χ0v) is 15.6. The molecule has 5 rings (SSSR count). The van der Waals surface area contributed by atoms with Gasteiger partial charge in [-0.3, -0.25) is 4.79 Å². The maximum atomic E-state index is 12.7. The van der Waals surface area contributed by atoms with Crippen LogP contribution in [-0.2, 0) is 7.05 Å². The lowest BCUT2D eigenvalue weighted by Gasteiger charge is -2.22. The van der Waals surface area contributed by atoms with Gasteiger partial charge < -0.3 is 14.4 Å². The SMILES string of the molecule is Cc1csc(C(=O)N2CC3CN(c4ncnc5c4ncn5C)CC3C2)c1. The Morgan fingerprint density at radius 3 is 2.62 bits per heavy atom. The van der Waals surface area contributed by atoms with E-state index in [0.29, 0.717) is 11.8 Å². The number of carbonyl (C=O) groups is 1. The third-order valence-electron chi connectivity index (χ3n) is 5.49. The fourth-order valence-electron chi connectivity index (χ4n) is 4.20. The summed E-state index contributed by atoms with van der Waals surface area (Å²) in [6, 6.07) is 1.99. The average Bonchev–Trinajstić information content (AvgIpc) is 3.37. The van der Waals surface area contributed by atoms with Crippen LogP contribution in [-0.4, -0.2) is 56.5 Å². The maximum absolute atomic E-state index is 12.7. The van der Waals surface area contributed by atoms with Crippen molar-refractivity contribution in [2.24, 2.45) is 18.9 Å². The van der Waals surface area contributed by atoms with Crippen LogP contribution in [0.5, 0.6) is 0 Å². The zero-order chi connectivity index (χ0) is 17.8. The predicted molar refractivity (Wildman–Crippen MR) is 100 cm³/mol.